The number of hydrogen-bond donors (Lipinski definition) is 0. The van der Waals surface area contributed by atoms with Gasteiger partial charge in [0.2, 0.25) is 6.79 Å². The van der Waals surface area contributed by atoms with Gasteiger partial charge in [0, 0.05) is 5.92 Å². The van der Waals surface area contributed by atoms with E-state index in [1.54, 1.807) is 14.2 Å². The van der Waals surface area contributed by atoms with Gasteiger partial charge in [-0.2, -0.15) is 0 Å². The SMILES string of the molecule is COC(=O)[C@@H]1[C@H](Cc2ccc(OC)c(OC)c2)CO[C@H]1c1ccc2c(c1)OCO2. The standard InChI is InChI=1S/C22H24O7/c1-24-16-6-4-13(9-18(16)25-2)8-15-11-27-21(20(15)22(23)26-3)14-5-7-17-19(10-14)29-12-28-17/h4-7,9-10,15,20-21H,8,11-12H2,1-3H3/t15-,20-,21+/m1/s1. The quantitative estimate of drug-likeness (QED) is 0.690. The van der Waals surface area contributed by atoms with Crippen molar-refractivity contribution in [2.24, 2.45) is 11.8 Å². The van der Waals surface area contributed by atoms with Gasteiger partial charge in [-0.25, -0.2) is 0 Å². The summed E-state index contributed by atoms with van der Waals surface area (Å²) in [5.41, 5.74) is 1.91. The number of methoxy groups -OCH3 is 3. The number of benzene rings is 2. The Labute approximate surface area is 169 Å². The average Bonchev–Trinajstić information content (AvgIpc) is 3.39. The Morgan fingerprint density at radius 3 is 2.55 bits per heavy atom. The van der Waals surface area contributed by atoms with E-state index >= 15 is 0 Å². The third-order valence-electron chi connectivity index (χ3n) is 5.47. The molecule has 2 aromatic carbocycles. The number of fused-ring (bicyclic) bond motifs is 1. The summed E-state index contributed by atoms with van der Waals surface area (Å²) in [4.78, 5) is 12.7. The van der Waals surface area contributed by atoms with Crippen molar-refractivity contribution in [3.63, 3.8) is 0 Å². The summed E-state index contributed by atoms with van der Waals surface area (Å²) in [7, 11) is 4.61. The van der Waals surface area contributed by atoms with Gasteiger partial charge >= 0.3 is 5.97 Å². The van der Waals surface area contributed by atoms with E-state index in [1.165, 1.54) is 7.11 Å². The molecule has 0 saturated carbocycles. The normalized spacial score (nSPS) is 22.4. The van der Waals surface area contributed by atoms with Crippen LogP contribution in [0.25, 0.3) is 0 Å². The molecule has 0 aliphatic carbocycles. The van der Waals surface area contributed by atoms with Gasteiger partial charge in [-0.05, 0) is 41.8 Å². The molecular weight excluding hydrogens is 376 g/mol. The van der Waals surface area contributed by atoms with Gasteiger partial charge in [-0.3, -0.25) is 4.79 Å². The molecule has 2 aliphatic heterocycles. The Balaban J connectivity index is 1.58. The average molecular weight is 400 g/mol. The molecule has 1 fully saturated rings. The van der Waals surface area contributed by atoms with Crippen LogP contribution in [0.15, 0.2) is 36.4 Å². The van der Waals surface area contributed by atoms with Crippen molar-refractivity contribution in [1.82, 2.24) is 0 Å². The third-order valence-corrected chi connectivity index (χ3v) is 5.47. The smallest absolute Gasteiger partial charge is 0.312 e. The molecule has 0 amide bonds. The fraction of sp³-hybridized carbons (Fsp3) is 0.409. The highest BCUT2D eigenvalue weighted by Crippen LogP contribution is 2.44. The van der Waals surface area contributed by atoms with Crippen molar-refractivity contribution >= 4 is 5.97 Å². The molecule has 3 atom stereocenters. The molecule has 0 spiro atoms. The Hall–Kier alpha value is -2.93. The summed E-state index contributed by atoms with van der Waals surface area (Å²) in [6, 6.07) is 11.4. The Morgan fingerprint density at radius 1 is 1.00 bits per heavy atom. The van der Waals surface area contributed by atoms with Gasteiger partial charge in [0.15, 0.2) is 23.0 Å². The van der Waals surface area contributed by atoms with E-state index in [4.69, 9.17) is 28.4 Å². The van der Waals surface area contributed by atoms with Crippen LogP contribution in [-0.2, 0) is 20.7 Å². The highest BCUT2D eigenvalue weighted by atomic mass is 16.7. The summed E-state index contributed by atoms with van der Waals surface area (Å²) < 4.78 is 32.7. The molecule has 2 aromatic rings. The molecule has 0 unspecified atom stereocenters. The summed E-state index contributed by atoms with van der Waals surface area (Å²) in [5, 5.41) is 0. The van der Waals surface area contributed by atoms with Crippen LogP contribution < -0.4 is 18.9 Å². The molecule has 0 bridgehead atoms. The zero-order chi connectivity index (χ0) is 20.4. The molecule has 0 aromatic heterocycles. The van der Waals surface area contributed by atoms with Crippen molar-refractivity contribution in [3.05, 3.63) is 47.5 Å². The summed E-state index contributed by atoms with van der Waals surface area (Å²) in [5.74, 6) is 1.95. The zero-order valence-corrected chi connectivity index (χ0v) is 16.7. The van der Waals surface area contributed by atoms with E-state index in [0.717, 1.165) is 11.1 Å². The summed E-state index contributed by atoms with van der Waals surface area (Å²) in [6.45, 7) is 0.653. The topological polar surface area (TPSA) is 72.5 Å². The fourth-order valence-corrected chi connectivity index (χ4v) is 4.02. The molecule has 7 heteroatoms. The second-order valence-electron chi connectivity index (χ2n) is 7.07. The second-order valence-corrected chi connectivity index (χ2v) is 7.07. The Kier molecular flexibility index (Phi) is 5.49. The molecule has 4 rings (SSSR count). The maximum atomic E-state index is 12.7. The highest BCUT2D eigenvalue weighted by molar-refractivity contribution is 5.74. The van der Waals surface area contributed by atoms with Crippen LogP contribution in [0.2, 0.25) is 0 Å². The highest BCUT2D eigenvalue weighted by Gasteiger charge is 2.44. The van der Waals surface area contributed by atoms with Gasteiger partial charge < -0.3 is 28.4 Å². The monoisotopic (exact) mass is 400 g/mol. The first kappa shape index (κ1) is 19.4. The molecule has 1 saturated heterocycles. The molecule has 2 heterocycles. The van der Waals surface area contributed by atoms with Crippen LogP contribution in [0, 0.1) is 11.8 Å². The lowest BCUT2D eigenvalue weighted by molar-refractivity contribution is -0.148. The van der Waals surface area contributed by atoms with Gasteiger partial charge in [-0.1, -0.05) is 12.1 Å². The summed E-state index contributed by atoms with van der Waals surface area (Å²) >= 11 is 0. The first-order chi connectivity index (χ1) is 14.1. The van der Waals surface area contributed by atoms with Gasteiger partial charge in [0.25, 0.3) is 0 Å². The van der Waals surface area contributed by atoms with Crippen LogP contribution in [0.1, 0.15) is 17.2 Å². The van der Waals surface area contributed by atoms with E-state index in [-0.39, 0.29) is 18.7 Å². The Morgan fingerprint density at radius 2 is 1.79 bits per heavy atom. The first-order valence-corrected chi connectivity index (χ1v) is 9.44. The molecule has 0 radical (unpaired) electrons. The van der Waals surface area contributed by atoms with Crippen molar-refractivity contribution in [3.8, 4) is 23.0 Å². The van der Waals surface area contributed by atoms with Gasteiger partial charge in [-0.15, -0.1) is 0 Å². The van der Waals surface area contributed by atoms with Crippen LogP contribution in [-0.4, -0.2) is 40.7 Å². The van der Waals surface area contributed by atoms with Crippen LogP contribution in [0.4, 0.5) is 0 Å². The van der Waals surface area contributed by atoms with Gasteiger partial charge in [0.1, 0.15) is 0 Å². The Bertz CT molecular complexity index is 895. The van der Waals surface area contributed by atoms with Crippen LogP contribution in [0.3, 0.4) is 0 Å². The molecule has 7 nitrogen and oxygen atoms in total. The van der Waals surface area contributed by atoms with Crippen molar-refractivity contribution in [2.45, 2.75) is 12.5 Å². The lowest BCUT2D eigenvalue weighted by Crippen LogP contribution is -2.27. The molecule has 29 heavy (non-hydrogen) atoms. The molecule has 2 aliphatic rings. The van der Waals surface area contributed by atoms with Gasteiger partial charge in [0.05, 0.1) is 40.0 Å². The minimum absolute atomic E-state index is 0.0315. The zero-order valence-electron chi connectivity index (χ0n) is 16.7. The van der Waals surface area contributed by atoms with Crippen molar-refractivity contribution in [1.29, 1.82) is 0 Å². The van der Waals surface area contributed by atoms with E-state index < -0.39 is 12.0 Å². The number of esters is 1. The summed E-state index contributed by atoms with van der Waals surface area (Å²) in [6.07, 6.45) is 0.253. The molecule has 0 N–H and O–H groups in total. The van der Waals surface area contributed by atoms with E-state index in [1.807, 2.05) is 36.4 Å². The van der Waals surface area contributed by atoms with E-state index in [0.29, 0.717) is 36.0 Å². The largest absolute Gasteiger partial charge is 0.493 e. The maximum absolute atomic E-state index is 12.7. The van der Waals surface area contributed by atoms with E-state index in [9.17, 15) is 4.79 Å². The van der Waals surface area contributed by atoms with Crippen LogP contribution in [0.5, 0.6) is 23.0 Å². The number of carbonyl (C=O) groups is 1. The lowest BCUT2D eigenvalue weighted by atomic mass is 9.83. The minimum Gasteiger partial charge on any atom is -0.493 e. The number of ether oxygens (including phenoxy) is 6. The molecular formula is C22H24O7. The predicted molar refractivity (Wildman–Crippen MR) is 104 cm³/mol. The second kappa shape index (κ2) is 8.21. The number of carbonyl (C=O) groups excluding carboxylic acids is 1. The van der Waals surface area contributed by atoms with Crippen molar-refractivity contribution < 1.29 is 33.2 Å². The minimum atomic E-state index is -0.423. The maximum Gasteiger partial charge on any atom is 0.312 e. The first-order valence-electron chi connectivity index (χ1n) is 9.44. The molecule has 154 valence electrons. The lowest BCUT2D eigenvalue weighted by Gasteiger charge is -2.21. The number of rotatable bonds is 6. The third kappa shape index (κ3) is 3.70. The predicted octanol–water partition coefficient (Wildman–Crippen LogP) is 3.15. The van der Waals surface area contributed by atoms with Crippen LogP contribution >= 0.6 is 0 Å². The van der Waals surface area contributed by atoms with Crippen molar-refractivity contribution in [2.75, 3.05) is 34.7 Å². The van der Waals surface area contributed by atoms with E-state index in [2.05, 4.69) is 0 Å². The fourth-order valence-electron chi connectivity index (χ4n) is 4.02. The number of hydrogen-bond acceptors (Lipinski definition) is 7.